The van der Waals surface area contributed by atoms with Gasteiger partial charge in [0.2, 0.25) is 5.91 Å². The monoisotopic (exact) mass is 379 g/mol. The highest BCUT2D eigenvalue weighted by Crippen LogP contribution is 2.24. The lowest BCUT2D eigenvalue weighted by molar-refractivity contribution is -0.119. The van der Waals surface area contributed by atoms with Gasteiger partial charge in [-0.15, -0.1) is 0 Å². The SMILES string of the molecule is Cn1c(=NC(=O)C2=NN(c3ccccc3)C(C(N)=O)C2)sc2ccccc21. The molecule has 2 amide bonds. The number of benzene rings is 2. The summed E-state index contributed by atoms with van der Waals surface area (Å²) in [4.78, 5) is 29.4. The molecule has 0 spiro atoms. The van der Waals surface area contributed by atoms with Gasteiger partial charge >= 0.3 is 0 Å². The Morgan fingerprint density at radius 3 is 2.56 bits per heavy atom. The summed E-state index contributed by atoms with van der Waals surface area (Å²) in [5, 5.41) is 5.84. The molecule has 2 N–H and O–H groups in total. The van der Waals surface area contributed by atoms with E-state index in [1.54, 1.807) is 0 Å². The van der Waals surface area contributed by atoms with Crippen LogP contribution < -0.4 is 15.5 Å². The van der Waals surface area contributed by atoms with Crippen LogP contribution in [0.1, 0.15) is 6.42 Å². The zero-order valence-electron chi connectivity index (χ0n) is 14.6. The van der Waals surface area contributed by atoms with Gasteiger partial charge in [-0.1, -0.05) is 41.7 Å². The number of hydrogen-bond acceptors (Lipinski definition) is 5. The first-order valence-electron chi connectivity index (χ1n) is 8.39. The maximum absolute atomic E-state index is 12.7. The molecular weight excluding hydrogens is 362 g/mol. The topological polar surface area (TPSA) is 93.1 Å². The van der Waals surface area contributed by atoms with Crippen molar-refractivity contribution in [2.24, 2.45) is 22.9 Å². The molecule has 4 rings (SSSR count). The number of anilines is 1. The summed E-state index contributed by atoms with van der Waals surface area (Å²) >= 11 is 1.43. The molecule has 0 saturated carbocycles. The molecule has 3 aromatic rings. The van der Waals surface area contributed by atoms with Crippen LogP contribution in [0.5, 0.6) is 0 Å². The highest BCUT2D eigenvalue weighted by Gasteiger charge is 2.34. The van der Waals surface area contributed by atoms with Crippen molar-refractivity contribution in [1.29, 1.82) is 0 Å². The standard InChI is InChI=1S/C19H17N5O2S/c1-23-14-9-5-6-10-16(14)27-19(23)21-18(26)13-11-15(17(20)25)24(22-13)12-7-3-2-4-8-12/h2-10,15H,11H2,1H3,(H2,20,25). The van der Waals surface area contributed by atoms with E-state index in [2.05, 4.69) is 10.1 Å². The molecule has 1 aliphatic rings. The van der Waals surface area contributed by atoms with Crippen molar-refractivity contribution in [1.82, 2.24) is 4.57 Å². The third-order valence-corrected chi connectivity index (χ3v) is 5.53. The molecule has 0 aliphatic carbocycles. The van der Waals surface area contributed by atoms with Gasteiger partial charge in [-0.05, 0) is 24.3 Å². The molecular formula is C19H17N5O2S. The second-order valence-electron chi connectivity index (χ2n) is 6.18. The number of aromatic nitrogens is 1. The van der Waals surface area contributed by atoms with Crippen LogP contribution in [-0.4, -0.2) is 28.1 Å². The van der Waals surface area contributed by atoms with Gasteiger partial charge in [0.15, 0.2) is 4.80 Å². The number of hydrogen-bond donors (Lipinski definition) is 1. The fourth-order valence-electron chi connectivity index (χ4n) is 3.02. The van der Waals surface area contributed by atoms with Gasteiger partial charge in [0, 0.05) is 13.5 Å². The van der Waals surface area contributed by atoms with E-state index >= 15 is 0 Å². The Morgan fingerprint density at radius 2 is 1.85 bits per heavy atom. The zero-order valence-corrected chi connectivity index (χ0v) is 15.4. The lowest BCUT2D eigenvalue weighted by Gasteiger charge is -2.20. The van der Waals surface area contributed by atoms with Gasteiger partial charge in [0.1, 0.15) is 11.8 Å². The maximum Gasteiger partial charge on any atom is 0.295 e. The normalized spacial score (nSPS) is 17.4. The van der Waals surface area contributed by atoms with Gasteiger partial charge in [-0.2, -0.15) is 10.1 Å². The lowest BCUT2D eigenvalue weighted by atomic mass is 10.1. The van der Waals surface area contributed by atoms with E-state index in [0.29, 0.717) is 10.5 Å². The van der Waals surface area contributed by atoms with E-state index in [1.165, 1.54) is 16.3 Å². The summed E-state index contributed by atoms with van der Waals surface area (Å²) in [5.74, 6) is -0.986. The van der Waals surface area contributed by atoms with Gasteiger partial charge in [0.25, 0.3) is 5.91 Å². The number of rotatable bonds is 3. The predicted molar refractivity (Wildman–Crippen MR) is 105 cm³/mol. The highest BCUT2D eigenvalue weighted by molar-refractivity contribution is 7.16. The fourth-order valence-corrected chi connectivity index (χ4v) is 4.04. The predicted octanol–water partition coefficient (Wildman–Crippen LogP) is 1.79. The molecule has 2 aromatic carbocycles. The van der Waals surface area contributed by atoms with Crippen molar-refractivity contribution in [2.75, 3.05) is 5.01 Å². The molecule has 1 aromatic heterocycles. The summed E-state index contributed by atoms with van der Waals surface area (Å²) in [7, 11) is 1.86. The summed E-state index contributed by atoms with van der Waals surface area (Å²) in [5.41, 5.74) is 7.45. The molecule has 0 bridgehead atoms. The maximum atomic E-state index is 12.7. The molecule has 1 atom stereocenters. The minimum atomic E-state index is -0.697. The Balaban J connectivity index is 1.71. The molecule has 27 heavy (non-hydrogen) atoms. The Labute approximate surface area is 159 Å². The number of carbonyl (C=O) groups is 2. The largest absolute Gasteiger partial charge is 0.368 e. The van der Waals surface area contributed by atoms with Crippen LogP contribution in [-0.2, 0) is 16.6 Å². The van der Waals surface area contributed by atoms with Crippen molar-refractivity contribution in [3.8, 4) is 0 Å². The first-order valence-corrected chi connectivity index (χ1v) is 9.21. The van der Waals surface area contributed by atoms with Crippen LogP contribution in [0.25, 0.3) is 10.2 Å². The van der Waals surface area contributed by atoms with Gasteiger partial charge in [-0.3, -0.25) is 14.6 Å². The van der Waals surface area contributed by atoms with Gasteiger partial charge in [0.05, 0.1) is 15.9 Å². The van der Waals surface area contributed by atoms with Crippen molar-refractivity contribution >= 4 is 44.8 Å². The Kier molecular flexibility index (Phi) is 4.33. The molecule has 0 fully saturated rings. The second kappa shape index (κ2) is 6.81. The number of primary amides is 1. The molecule has 0 saturated heterocycles. The molecule has 7 nitrogen and oxygen atoms in total. The van der Waals surface area contributed by atoms with Crippen molar-refractivity contribution < 1.29 is 9.59 Å². The van der Waals surface area contributed by atoms with E-state index < -0.39 is 17.9 Å². The zero-order chi connectivity index (χ0) is 19.0. The number of fused-ring (bicyclic) bond motifs is 1. The van der Waals surface area contributed by atoms with E-state index in [0.717, 1.165) is 10.2 Å². The third-order valence-electron chi connectivity index (χ3n) is 4.42. The Morgan fingerprint density at radius 1 is 1.15 bits per heavy atom. The summed E-state index contributed by atoms with van der Waals surface area (Å²) in [6.07, 6.45) is 0.140. The Hall–Kier alpha value is -3.26. The van der Waals surface area contributed by atoms with Gasteiger partial charge in [-0.25, -0.2) is 0 Å². The summed E-state index contributed by atoms with van der Waals surface area (Å²) in [6, 6.07) is 16.3. The number of hydrazone groups is 1. The van der Waals surface area contributed by atoms with E-state index in [1.807, 2.05) is 66.2 Å². The number of nitrogens with zero attached hydrogens (tertiary/aromatic N) is 4. The van der Waals surface area contributed by atoms with E-state index in [4.69, 9.17) is 5.73 Å². The number of aryl methyl sites for hydroxylation is 1. The minimum absolute atomic E-state index is 0.140. The number of amides is 2. The van der Waals surface area contributed by atoms with Crippen molar-refractivity contribution in [3.63, 3.8) is 0 Å². The van der Waals surface area contributed by atoms with Crippen LogP contribution >= 0.6 is 11.3 Å². The summed E-state index contributed by atoms with van der Waals surface area (Å²) in [6.45, 7) is 0. The number of para-hydroxylation sites is 2. The molecule has 1 aliphatic heterocycles. The highest BCUT2D eigenvalue weighted by atomic mass is 32.1. The Bertz CT molecular complexity index is 1130. The average molecular weight is 379 g/mol. The van der Waals surface area contributed by atoms with Crippen LogP contribution in [0.3, 0.4) is 0 Å². The fraction of sp³-hybridized carbons (Fsp3) is 0.158. The van der Waals surface area contributed by atoms with Crippen LogP contribution in [0.4, 0.5) is 5.69 Å². The molecule has 1 unspecified atom stereocenters. The quantitative estimate of drug-likeness (QED) is 0.752. The van der Waals surface area contributed by atoms with Crippen molar-refractivity contribution in [2.45, 2.75) is 12.5 Å². The smallest absolute Gasteiger partial charge is 0.295 e. The van der Waals surface area contributed by atoms with Crippen LogP contribution in [0.2, 0.25) is 0 Å². The molecule has 8 heteroatoms. The minimum Gasteiger partial charge on any atom is -0.368 e. The third kappa shape index (κ3) is 3.15. The summed E-state index contributed by atoms with van der Waals surface area (Å²) < 4.78 is 2.91. The first kappa shape index (κ1) is 17.2. The molecule has 0 radical (unpaired) electrons. The van der Waals surface area contributed by atoms with E-state index in [-0.39, 0.29) is 12.1 Å². The number of thiazole rings is 1. The van der Waals surface area contributed by atoms with Gasteiger partial charge < -0.3 is 10.3 Å². The molecule has 2 heterocycles. The first-order chi connectivity index (χ1) is 13.0. The molecule has 136 valence electrons. The van der Waals surface area contributed by atoms with Crippen LogP contribution in [0.15, 0.2) is 64.7 Å². The van der Waals surface area contributed by atoms with E-state index in [9.17, 15) is 9.59 Å². The number of nitrogens with two attached hydrogens (primary N) is 1. The van der Waals surface area contributed by atoms with Crippen molar-refractivity contribution in [3.05, 3.63) is 59.4 Å². The lowest BCUT2D eigenvalue weighted by Crippen LogP contribution is -2.39. The number of carbonyl (C=O) groups excluding carboxylic acids is 2. The average Bonchev–Trinajstić information content (AvgIpc) is 3.26. The second-order valence-corrected chi connectivity index (χ2v) is 7.19. The van der Waals surface area contributed by atoms with Crippen LogP contribution in [0, 0.1) is 0 Å².